The van der Waals surface area contributed by atoms with Crippen LogP contribution in [0.4, 0.5) is 34.1 Å². The lowest BCUT2D eigenvalue weighted by atomic mass is 10.0. The quantitative estimate of drug-likeness (QED) is 0.0348. The van der Waals surface area contributed by atoms with E-state index in [2.05, 4.69) is 20.5 Å². The number of fused-ring (bicyclic) bond motifs is 2. The van der Waals surface area contributed by atoms with Gasteiger partial charge in [-0.1, -0.05) is 18.2 Å². The van der Waals surface area contributed by atoms with Crippen LogP contribution >= 0.6 is 23.5 Å². The molecule has 0 aliphatic rings. The van der Waals surface area contributed by atoms with Gasteiger partial charge in [-0.2, -0.15) is 16.8 Å². The number of nitrogens with zero attached hydrogens (tertiary/aromatic N) is 4. The van der Waals surface area contributed by atoms with Crippen molar-refractivity contribution in [3.05, 3.63) is 84.9 Å². The van der Waals surface area contributed by atoms with Gasteiger partial charge >= 0.3 is 0 Å². The van der Waals surface area contributed by atoms with Gasteiger partial charge in [-0.25, -0.2) is 0 Å². The molecule has 18 heteroatoms. The number of hydrogen-bond acceptors (Lipinski definition) is 14. The Labute approximate surface area is 305 Å². The molecule has 0 radical (unpaired) electrons. The Morgan fingerprint density at radius 3 is 1.50 bits per heavy atom. The molecule has 0 aliphatic heterocycles. The number of azo groups is 2. The standard InChI is InChI=1S/C34H28N6O8S4/c1-49-27-12-17(4-9-25(27)37-39-31-30(52(46,47)48)15-20-11-21(35)7-8-23(20)33(31)41)18-5-10-26(28(13-18)50-2)38-40-32-29(51(43,44)45)14-19-3-6-22(36)16-24(19)34(32)42/h3-16,41-42H,35-36H2,1-2H3,(H,43,44,45)(H,46,47,48). The van der Waals surface area contributed by atoms with Gasteiger partial charge in [0.2, 0.25) is 0 Å². The van der Waals surface area contributed by atoms with Crippen molar-refractivity contribution in [1.82, 2.24) is 0 Å². The first-order valence-electron chi connectivity index (χ1n) is 14.8. The molecule has 0 aliphatic carbocycles. The summed E-state index contributed by atoms with van der Waals surface area (Å²) in [5.74, 6) is -1.01. The van der Waals surface area contributed by atoms with E-state index >= 15 is 0 Å². The van der Waals surface area contributed by atoms with Crippen LogP contribution in [0.2, 0.25) is 0 Å². The van der Waals surface area contributed by atoms with Crippen LogP contribution in [0.1, 0.15) is 0 Å². The predicted molar refractivity (Wildman–Crippen MR) is 203 cm³/mol. The molecule has 0 aromatic heterocycles. The molecule has 266 valence electrons. The Morgan fingerprint density at radius 1 is 0.538 bits per heavy atom. The maximum Gasteiger partial charge on any atom is 0.296 e. The van der Waals surface area contributed by atoms with Crippen LogP contribution < -0.4 is 11.5 Å². The summed E-state index contributed by atoms with van der Waals surface area (Å²) in [5.41, 5.74) is 13.7. The fourth-order valence-electron chi connectivity index (χ4n) is 5.40. The second-order valence-electron chi connectivity index (χ2n) is 11.2. The summed E-state index contributed by atoms with van der Waals surface area (Å²) in [7, 11) is -9.60. The highest BCUT2D eigenvalue weighted by Gasteiger charge is 2.24. The van der Waals surface area contributed by atoms with Crippen molar-refractivity contribution in [3.63, 3.8) is 0 Å². The molecule has 6 aromatic carbocycles. The summed E-state index contributed by atoms with van der Waals surface area (Å²) < 4.78 is 68.7. The summed E-state index contributed by atoms with van der Waals surface area (Å²) in [5, 5.41) is 39.5. The van der Waals surface area contributed by atoms with E-state index in [-0.39, 0.29) is 16.2 Å². The van der Waals surface area contributed by atoms with E-state index < -0.39 is 52.9 Å². The fourth-order valence-corrected chi connectivity index (χ4v) is 7.84. The van der Waals surface area contributed by atoms with E-state index in [1.54, 1.807) is 24.3 Å². The highest BCUT2D eigenvalue weighted by atomic mass is 32.2. The molecule has 0 saturated carbocycles. The zero-order valence-electron chi connectivity index (χ0n) is 27.1. The number of hydrogen-bond donors (Lipinski definition) is 6. The van der Waals surface area contributed by atoms with Crippen LogP contribution in [0.15, 0.2) is 125 Å². The first kappa shape index (κ1) is 36.5. The maximum atomic E-state index is 12.2. The predicted octanol–water partition coefficient (Wildman–Crippen LogP) is 9.00. The number of phenols is 2. The van der Waals surface area contributed by atoms with Crippen LogP contribution in [0, 0.1) is 0 Å². The van der Waals surface area contributed by atoms with Crippen molar-refractivity contribution in [2.24, 2.45) is 20.5 Å². The Hall–Kier alpha value is -5.24. The number of rotatable bonds is 9. The van der Waals surface area contributed by atoms with Gasteiger partial charge in [0, 0.05) is 31.9 Å². The largest absolute Gasteiger partial charge is 0.505 e. The number of nitrogen functional groups attached to an aromatic ring is 2. The fraction of sp³-hybridized carbons (Fsp3) is 0.0588. The second kappa shape index (κ2) is 14.1. The number of aromatic hydroxyl groups is 2. The SMILES string of the molecule is CSc1cc(-c2ccc(N=Nc3c(S(=O)(=O)O)cc4ccc(N)cc4c3O)c(SC)c2)ccc1N=Nc1c(S(=O)(=O)O)cc2cc(N)ccc2c1O. The van der Waals surface area contributed by atoms with Crippen molar-refractivity contribution in [1.29, 1.82) is 0 Å². The maximum absolute atomic E-state index is 12.2. The third kappa shape index (κ3) is 7.25. The van der Waals surface area contributed by atoms with Gasteiger partial charge in [-0.05, 0) is 101 Å². The minimum Gasteiger partial charge on any atom is -0.505 e. The third-order valence-corrected chi connectivity index (χ3v) is 11.2. The summed E-state index contributed by atoms with van der Waals surface area (Å²) in [4.78, 5) is 0.0541. The smallest absolute Gasteiger partial charge is 0.296 e. The van der Waals surface area contributed by atoms with E-state index in [4.69, 9.17) is 11.5 Å². The van der Waals surface area contributed by atoms with Crippen LogP contribution in [-0.4, -0.2) is 48.7 Å². The third-order valence-electron chi connectivity index (χ3n) is 7.92. The lowest BCUT2D eigenvalue weighted by molar-refractivity contribution is 0.471. The first-order valence-corrected chi connectivity index (χ1v) is 20.2. The molecular weight excluding hydrogens is 749 g/mol. The molecule has 0 spiro atoms. The number of phenolic OH excluding ortho intramolecular Hbond substituents is 2. The lowest BCUT2D eigenvalue weighted by Crippen LogP contribution is -1.99. The summed E-state index contributed by atoms with van der Waals surface area (Å²) in [6.07, 6.45) is 3.63. The summed E-state index contributed by atoms with van der Waals surface area (Å²) >= 11 is 2.69. The molecule has 0 saturated heterocycles. The Balaban J connectivity index is 1.35. The molecule has 14 nitrogen and oxygen atoms in total. The molecule has 6 aromatic rings. The van der Waals surface area contributed by atoms with Crippen LogP contribution in [-0.2, 0) is 20.2 Å². The molecule has 0 fully saturated rings. The monoisotopic (exact) mass is 776 g/mol. The van der Waals surface area contributed by atoms with Gasteiger partial charge in [0.15, 0.2) is 11.5 Å². The number of anilines is 2. The molecule has 0 atom stereocenters. The highest BCUT2D eigenvalue weighted by molar-refractivity contribution is 7.99. The Kier molecular flexibility index (Phi) is 9.88. The second-order valence-corrected chi connectivity index (χ2v) is 15.7. The molecule has 8 N–H and O–H groups in total. The molecule has 0 unspecified atom stereocenters. The molecule has 52 heavy (non-hydrogen) atoms. The number of nitrogens with two attached hydrogens (primary N) is 2. The summed E-state index contributed by atoms with van der Waals surface area (Å²) in [6, 6.07) is 21.8. The number of thioether (sulfide) groups is 2. The molecular formula is C34H28N6O8S4. The molecule has 0 heterocycles. The molecule has 0 bridgehead atoms. The average molecular weight is 777 g/mol. The van der Waals surface area contributed by atoms with E-state index in [1.165, 1.54) is 66.0 Å². The van der Waals surface area contributed by atoms with E-state index in [0.717, 1.165) is 17.2 Å². The van der Waals surface area contributed by atoms with E-state index in [1.807, 2.05) is 24.6 Å². The van der Waals surface area contributed by atoms with Gasteiger partial charge in [0.1, 0.15) is 21.2 Å². The van der Waals surface area contributed by atoms with Crippen LogP contribution in [0.3, 0.4) is 0 Å². The number of benzene rings is 6. The zero-order valence-corrected chi connectivity index (χ0v) is 30.3. The lowest BCUT2D eigenvalue weighted by Gasteiger charge is -2.11. The van der Waals surface area contributed by atoms with Gasteiger partial charge in [0.25, 0.3) is 20.2 Å². The van der Waals surface area contributed by atoms with Crippen molar-refractivity contribution in [2.75, 3.05) is 24.0 Å². The van der Waals surface area contributed by atoms with Gasteiger partial charge in [-0.3, -0.25) is 9.11 Å². The van der Waals surface area contributed by atoms with Crippen molar-refractivity contribution >= 4 is 99.4 Å². The van der Waals surface area contributed by atoms with Crippen molar-refractivity contribution in [3.8, 4) is 22.6 Å². The Bertz CT molecular complexity index is 2720. The average Bonchev–Trinajstić information content (AvgIpc) is 3.09. The topological polar surface area (TPSA) is 251 Å². The van der Waals surface area contributed by atoms with Gasteiger partial charge in [-0.15, -0.1) is 44.0 Å². The van der Waals surface area contributed by atoms with Gasteiger partial charge < -0.3 is 21.7 Å². The minimum atomic E-state index is -4.81. The zero-order chi connectivity index (χ0) is 37.5. The van der Waals surface area contributed by atoms with E-state index in [9.17, 15) is 36.2 Å². The van der Waals surface area contributed by atoms with Crippen molar-refractivity contribution < 1.29 is 36.2 Å². The molecule has 6 rings (SSSR count). The van der Waals surface area contributed by atoms with Crippen LogP contribution in [0.25, 0.3) is 32.7 Å². The van der Waals surface area contributed by atoms with Crippen LogP contribution in [0.5, 0.6) is 11.5 Å². The minimum absolute atomic E-state index is 0.230. The summed E-state index contributed by atoms with van der Waals surface area (Å²) in [6.45, 7) is 0. The first-order chi connectivity index (χ1) is 24.6. The highest BCUT2D eigenvalue weighted by Crippen LogP contribution is 2.45. The normalized spacial score (nSPS) is 12.5. The van der Waals surface area contributed by atoms with Gasteiger partial charge in [0.05, 0.1) is 11.4 Å². The Morgan fingerprint density at radius 2 is 1.00 bits per heavy atom. The van der Waals surface area contributed by atoms with E-state index in [0.29, 0.717) is 37.9 Å². The molecule has 0 amide bonds. The van der Waals surface area contributed by atoms with Crippen molar-refractivity contribution in [2.45, 2.75) is 19.6 Å².